The fourth-order valence-corrected chi connectivity index (χ4v) is 2.63. The van der Waals surface area contributed by atoms with E-state index in [1.807, 2.05) is 30.3 Å². The Labute approximate surface area is 168 Å². The number of carbonyl (C=O) groups is 2. The maximum absolute atomic E-state index is 12.9. The van der Waals surface area contributed by atoms with Crippen molar-refractivity contribution in [1.82, 2.24) is 9.88 Å². The van der Waals surface area contributed by atoms with Crippen LogP contribution >= 0.6 is 0 Å². The number of esters is 1. The van der Waals surface area contributed by atoms with Gasteiger partial charge in [0.1, 0.15) is 12.2 Å². The number of carbonyl (C=O) groups excluding carboxylic acids is 2. The SMILES string of the molecule is C=CCn1cc(C(=O)OC)c(=O)c(OCc2ccccc2)c1C(=O)NCCOC. The predicted octanol–water partition coefficient (Wildman–Crippen LogP) is 1.78. The number of benzene rings is 1. The van der Waals surface area contributed by atoms with Crippen LogP contribution in [0, 0.1) is 0 Å². The Morgan fingerprint density at radius 1 is 1.21 bits per heavy atom. The number of pyridine rings is 1. The molecule has 0 aliphatic heterocycles. The highest BCUT2D eigenvalue weighted by molar-refractivity contribution is 5.97. The van der Waals surface area contributed by atoms with Crippen LogP contribution in [0.15, 0.2) is 54.0 Å². The van der Waals surface area contributed by atoms with E-state index in [1.165, 1.54) is 25.0 Å². The third-order valence-corrected chi connectivity index (χ3v) is 4.00. The molecule has 0 saturated heterocycles. The molecule has 8 heteroatoms. The van der Waals surface area contributed by atoms with Crippen LogP contribution in [0.2, 0.25) is 0 Å². The van der Waals surface area contributed by atoms with E-state index in [-0.39, 0.29) is 36.7 Å². The number of allylic oxidation sites excluding steroid dienone is 1. The van der Waals surface area contributed by atoms with Crippen molar-refractivity contribution in [2.45, 2.75) is 13.2 Å². The van der Waals surface area contributed by atoms with Crippen LogP contribution in [0.25, 0.3) is 0 Å². The molecule has 29 heavy (non-hydrogen) atoms. The number of rotatable bonds is 10. The fourth-order valence-electron chi connectivity index (χ4n) is 2.63. The molecule has 0 spiro atoms. The first-order valence-electron chi connectivity index (χ1n) is 8.94. The zero-order valence-electron chi connectivity index (χ0n) is 16.5. The number of methoxy groups -OCH3 is 2. The third kappa shape index (κ3) is 5.55. The van der Waals surface area contributed by atoms with Crippen molar-refractivity contribution < 1.29 is 23.8 Å². The Bertz CT molecular complexity index is 921. The van der Waals surface area contributed by atoms with Crippen LogP contribution in [0.4, 0.5) is 0 Å². The molecule has 0 bridgehead atoms. The van der Waals surface area contributed by atoms with Crippen molar-refractivity contribution in [1.29, 1.82) is 0 Å². The molecule has 0 saturated carbocycles. The molecule has 154 valence electrons. The lowest BCUT2D eigenvalue weighted by atomic mass is 10.2. The predicted molar refractivity (Wildman–Crippen MR) is 107 cm³/mol. The van der Waals surface area contributed by atoms with Gasteiger partial charge in [-0.25, -0.2) is 4.79 Å². The first-order chi connectivity index (χ1) is 14.0. The molecular formula is C21H24N2O6. The first-order valence-corrected chi connectivity index (χ1v) is 8.94. The summed E-state index contributed by atoms with van der Waals surface area (Å²) in [5, 5.41) is 2.67. The summed E-state index contributed by atoms with van der Waals surface area (Å²) in [7, 11) is 2.69. The first kappa shape index (κ1) is 21.9. The molecule has 2 aromatic rings. The van der Waals surface area contributed by atoms with Gasteiger partial charge in [-0.15, -0.1) is 6.58 Å². The van der Waals surface area contributed by atoms with Crippen molar-refractivity contribution >= 4 is 11.9 Å². The van der Waals surface area contributed by atoms with Gasteiger partial charge in [-0.3, -0.25) is 9.59 Å². The van der Waals surface area contributed by atoms with Gasteiger partial charge in [-0.2, -0.15) is 0 Å². The topological polar surface area (TPSA) is 95.9 Å². The average Bonchev–Trinajstić information content (AvgIpc) is 2.74. The largest absolute Gasteiger partial charge is 0.483 e. The minimum atomic E-state index is -0.816. The molecule has 8 nitrogen and oxygen atoms in total. The van der Waals surface area contributed by atoms with E-state index < -0.39 is 17.3 Å². The van der Waals surface area contributed by atoms with Gasteiger partial charge in [-0.05, 0) is 5.56 Å². The maximum atomic E-state index is 12.9. The molecule has 1 aromatic heterocycles. The van der Waals surface area contributed by atoms with Gasteiger partial charge in [0.2, 0.25) is 5.43 Å². The summed E-state index contributed by atoms with van der Waals surface area (Å²) in [4.78, 5) is 37.8. The second-order valence-corrected chi connectivity index (χ2v) is 6.01. The number of nitrogens with zero attached hydrogens (tertiary/aromatic N) is 1. The quantitative estimate of drug-likeness (QED) is 0.371. The molecule has 0 fully saturated rings. The lowest BCUT2D eigenvalue weighted by Gasteiger charge is -2.18. The summed E-state index contributed by atoms with van der Waals surface area (Å²) >= 11 is 0. The molecule has 2 rings (SSSR count). The third-order valence-electron chi connectivity index (χ3n) is 4.00. The van der Waals surface area contributed by atoms with E-state index >= 15 is 0 Å². The van der Waals surface area contributed by atoms with E-state index in [4.69, 9.17) is 14.2 Å². The minimum absolute atomic E-state index is 0.00501. The lowest BCUT2D eigenvalue weighted by molar-refractivity contribution is 0.0596. The number of ether oxygens (including phenoxy) is 3. The average molecular weight is 400 g/mol. The molecule has 0 aliphatic rings. The van der Waals surface area contributed by atoms with Gasteiger partial charge in [0.25, 0.3) is 5.91 Å². The Hall–Kier alpha value is -3.39. The molecule has 1 amide bonds. The summed E-state index contributed by atoms with van der Waals surface area (Å²) in [6, 6.07) is 9.17. The molecule has 0 unspecified atom stereocenters. The fraction of sp³-hybridized carbons (Fsp3) is 0.286. The van der Waals surface area contributed by atoms with Gasteiger partial charge in [0.15, 0.2) is 11.4 Å². The number of nitrogens with one attached hydrogen (secondary N) is 1. The second kappa shape index (κ2) is 10.8. The van der Waals surface area contributed by atoms with Crippen LogP contribution in [-0.2, 0) is 22.6 Å². The van der Waals surface area contributed by atoms with E-state index in [2.05, 4.69) is 11.9 Å². The molecule has 0 aliphatic carbocycles. The van der Waals surface area contributed by atoms with E-state index in [1.54, 1.807) is 6.08 Å². The van der Waals surface area contributed by atoms with Crippen LogP contribution in [0.5, 0.6) is 5.75 Å². The summed E-state index contributed by atoms with van der Waals surface area (Å²) < 4.78 is 16.8. The van der Waals surface area contributed by atoms with Gasteiger partial charge < -0.3 is 24.1 Å². The van der Waals surface area contributed by atoms with E-state index in [0.29, 0.717) is 6.61 Å². The van der Waals surface area contributed by atoms with Gasteiger partial charge in [0.05, 0.1) is 13.7 Å². The number of hydrogen-bond acceptors (Lipinski definition) is 6. The van der Waals surface area contributed by atoms with Gasteiger partial charge in [0, 0.05) is 26.4 Å². The number of aromatic nitrogens is 1. The van der Waals surface area contributed by atoms with Crippen LogP contribution in [0.1, 0.15) is 26.4 Å². The molecule has 1 N–H and O–H groups in total. The second-order valence-electron chi connectivity index (χ2n) is 6.01. The maximum Gasteiger partial charge on any atom is 0.343 e. The molecule has 0 radical (unpaired) electrons. The highest BCUT2D eigenvalue weighted by Gasteiger charge is 2.25. The molecule has 1 aromatic carbocycles. The van der Waals surface area contributed by atoms with Gasteiger partial charge in [-0.1, -0.05) is 36.4 Å². The van der Waals surface area contributed by atoms with Crippen molar-refractivity contribution in [3.05, 3.63) is 76.2 Å². The van der Waals surface area contributed by atoms with Crippen molar-refractivity contribution in [2.24, 2.45) is 0 Å². The Balaban J connectivity index is 2.54. The number of amides is 1. The Morgan fingerprint density at radius 2 is 1.93 bits per heavy atom. The van der Waals surface area contributed by atoms with Gasteiger partial charge >= 0.3 is 5.97 Å². The van der Waals surface area contributed by atoms with E-state index in [9.17, 15) is 14.4 Å². The molecule has 1 heterocycles. The lowest BCUT2D eigenvalue weighted by Crippen LogP contribution is -2.33. The van der Waals surface area contributed by atoms with Crippen molar-refractivity contribution in [2.75, 3.05) is 27.4 Å². The summed E-state index contributed by atoms with van der Waals surface area (Å²) in [5.41, 5.74) is -0.151. The highest BCUT2D eigenvalue weighted by Crippen LogP contribution is 2.18. The molecule has 0 atom stereocenters. The summed E-state index contributed by atoms with van der Waals surface area (Å²) in [6.45, 7) is 4.44. The monoisotopic (exact) mass is 400 g/mol. The standard InChI is InChI=1S/C21H24N2O6/c1-4-11-23-13-16(21(26)28-3)18(24)19(17(23)20(25)22-10-12-27-2)29-14-15-8-6-5-7-9-15/h4-9,13H,1,10-12,14H2,2-3H3,(H,22,25). The van der Waals surface area contributed by atoms with Crippen LogP contribution in [0.3, 0.4) is 0 Å². The highest BCUT2D eigenvalue weighted by atomic mass is 16.5. The minimum Gasteiger partial charge on any atom is -0.483 e. The molecular weight excluding hydrogens is 376 g/mol. The van der Waals surface area contributed by atoms with Crippen molar-refractivity contribution in [3.63, 3.8) is 0 Å². The van der Waals surface area contributed by atoms with E-state index in [0.717, 1.165) is 5.56 Å². The van der Waals surface area contributed by atoms with Crippen molar-refractivity contribution in [3.8, 4) is 5.75 Å². The zero-order valence-corrected chi connectivity index (χ0v) is 16.5. The van der Waals surface area contributed by atoms with Crippen LogP contribution < -0.4 is 15.5 Å². The van der Waals surface area contributed by atoms with Crippen LogP contribution in [-0.4, -0.2) is 43.8 Å². The zero-order chi connectivity index (χ0) is 21.2. The Morgan fingerprint density at radius 3 is 2.55 bits per heavy atom. The Kier molecular flexibility index (Phi) is 8.17. The number of hydrogen-bond donors (Lipinski definition) is 1. The normalized spacial score (nSPS) is 10.3. The summed E-state index contributed by atoms with van der Waals surface area (Å²) in [6.07, 6.45) is 2.81. The smallest absolute Gasteiger partial charge is 0.343 e. The summed E-state index contributed by atoms with van der Waals surface area (Å²) in [5.74, 6) is -1.57.